The molecule has 0 amide bonds. The van der Waals surface area contributed by atoms with Crippen LogP contribution in [-0.4, -0.2) is 60.0 Å². The first-order valence-electron chi connectivity index (χ1n) is 10.1. The summed E-state index contributed by atoms with van der Waals surface area (Å²) in [5.74, 6) is -5.56. The lowest BCUT2D eigenvalue weighted by Crippen LogP contribution is -2.54. The van der Waals surface area contributed by atoms with E-state index in [9.17, 15) is 31.9 Å². The molecule has 2 aromatic rings. The molecular formula is C20H24F3N3O6S. The molecule has 2 aliphatic rings. The number of nitrogens with one attached hydrogen (secondary N) is 1. The van der Waals surface area contributed by atoms with Gasteiger partial charge in [0, 0.05) is 37.4 Å². The Morgan fingerprint density at radius 3 is 2.06 bits per heavy atom. The van der Waals surface area contributed by atoms with Gasteiger partial charge in [0.2, 0.25) is 5.43 Å². The number of halogens is 3. The number of piperazine rings is 1. The highest BCUT2D eigenvalue weighted by molar-refractivity contribution is 7.85. The second kappa shape index (κ2) is 8.95. The Kier molecular flexibility index (Phi) is 6.78. The summed E-state index contributed by atoms with van der Waals surface area (Å²) in [5.41, 5.74) is -2.80. The summed E-state index contributed by atoms with van der Waals surface area (Å²) in [6, 6.07) is -0.378. The van der Waals surface area contributed by atoms with Crippen LogP contribution in [0.2, 0.25) is 0 Å². The fourth-order valence-electron chi connectivity index (χ4n) is 4.06. The van der Waals surface area contributed by atoms with E-state index in [1.54, 1.807) is 0 Å². The third-order valence-corrected chi connectivity index (χ3v) is 5.32. The highest BCUT2D eigenvalue weighted by Gasteiger charge is 2.35. The van der Waals surface area contributed by atoms with Crippen LogP contribution < -0.4 is 15.6 Å². The largest absolute Gasteiger partial charge is 0.477 e. The van der Waals surface area contributed by atoms with E-state index in [0.717, 1.165) is 6.20 Å². The molecule has 0 radical (unpaired) electrons. The maximum atomic E-state index is 15.5. The van der Waals surface area contributed by atoms with Crippen molar-refractivity contribution < 1.29 is 36.0 Å². The van der Waals surface area contributed by atoms with Gasteiger partial charge in [-0.2, -0.15) is 8.42 Å². The average Bonchev–Trinajstić information content (AvgIpc) is 3.48. The second-order valence-corrected chi connectivity index (χ2v) is 9.90. The highest BCUT2D eigenvalue weighted by Crippen LogP contribution is 2.40. The zero-order valence-electron chi connectivity index (χ0n) is 18.1. The summed E-state index contributed by atoms with van der Waals surface area (Å²) in [4.78, 5) is 25.3. The van der Waals surface area contributed by atoms with Gasteiger partial charge in [0.05, 0.1) is 17.2 Å². The fraction of sp³-hybridized carbons (Fsp3) is 0.500. The summed E-state index contributed by atoms with van der Waals surface area (Å²) in [5, 5.41) is 11.7. The van der Waals surface area contributed by atoms with Crippen LogP contribution in [0.1, 0.15) is 43.1 Å². The molecule has 1 aromatic carbocycles. The Morgan fingerprint density at radius 2 is 1.61 bits per heavy atom. The molecule has 182 valence electrons. The molecule has 0 unspecified atom stereocenters. The number of aromatic carboxylic acids is 1. The summed E-state index contributed by atoms with van der Waals surface area (Å²) in [7, 11) is -3.67. The molecule has 0 spiro atoms. The van der Waals surface area contributed by atoms with Gasteiger partial charge in [0.25, 0.3) is 10.1 Å². The molecule has 2 heterocycles. The number of benzene rings is 1. The predicted octanol–water partition coefficient (Wildman–Crippen LogP) is 2.14. The molecular weight excluding hydrogens is 467 g/mol. The van der Waals surface area contributed by atoms with E-state index in [4.69, 9.17) is 4.55 Å². The number of pyridine rings is 1. The minimum Gasteiger partial charge on any atom is -0.477 e. The van der Waals surface area contributed by atoms with E-state index in [0.29, 0.717) is 19.1 Å². The van der Waals surface area contributed by atoms with Gasteiger partial charge in [-0.1, -0.05) is 0 Å². The Bertz CT molecular complexity index is 1260. The highest BCUT2D eigenvalue weighted by atomic mass is 32.2. The number of aromatic nitrogens is 1. The Balaban J connectivity index is 0.000000555. The maximum absolute atomic E-state index is 15.5. The van der Waals surface area contributed by atoms with Gasteiger partial charge in [-0.25, -0.2) is 18.0 Å². The fourth-order valence-corrected chi connectivity index (χ4v) is 4.06. The molecule has 1 aliphatic carbocycles. The molecule has 13 heteroatoms. The number of anilines is 1. The minimum absolute atomic E-state index is 0.0682. The van der Waals surface area contributed by atoms with Crippen molar-refractivity contribution in [3.05, 3.63) is 39.4 Å². The van der Waals surface area contributed by atoms with E-state index in [-0.39, 0.29) is 36.7 Å². The second-order valence-electron chi connectivity index (χ2n) is 8.44. The van der Waals surface area contributed by atoms with Gasteiger partial charge < -0.3 is 19.9 Å². The Morgan fingerprint density at radius 1 is 1.09 bits per heavy atom. The number of carboxylic acid groups (broad SMARTS) is 1. The van der Waals surface area contributed by atoms with Crippen molar-refractivity contribution in [3.63, 3.8) is 0 Å². The van der Waals surface area contributed by atoms with Gasteiger partial charge in [-0.05, 0) is 26.7 Å². The third kappa shape index (κ3) is 5.31. The smallest absolute Gasteiger partial charge is 0.341 e. The van der Waals surface area contributed by atoms with Crippen molar-refractivity contribution in [1.29, 1.82) is 0 Å². The SMILES string of the molecule is CS(=O)(=O)O.C[C@@H]1CN(c2c(F)c(F)c3c(=O)c(C(=O)O)cn(C4CC4)c3c2F)C[C@H](C)N1. The molecule has 33 heavy (non-hydrogen) atoms. The quantitative estimate of drug-likeness (QED) is 0.440. The van der Waals surface area contributed by atoms with Gasteiger partial charge in [-0.3, -0.25) is 9.35 Å². The van der Waals surface area contributed by atoms with E-state index in [2.05, 4.69) is 5.32 Å². The summed E-state index contributed by atoms with van der Waals surface area (Å²) in [6.45, 7) is 4.25. The van der Waals surface area contributed by atoms with E-state index >= 15 is 4.39 Å². The van der Waals surface area contributed by atoms with Crippen LogP contribution >= 0.6 is 0 Å². The summed E-state index contributed by atoms with van der Waals surface area (Å²) >= 11 is 0. The van der Waals surface area contributed by atoms with Crippen LogP contribution in [0, 0.1) is 17.5 Å². The lowest BCUT2D eigenvalue weighted by Gasteiger charge is -2.38. The van der Waals surface area contributed by atoms with Crippen LogP contribution in [-0.2, 0) is 10.1 Å². The number of fused-ring (bicyclic) bond motifs is 1. The predicted molar refractivity (Wildman–Crippen MR) is 115 cm³/mol. The zero-order chi connectivity index (χ0) is 24.8. The number of rotatable bonds is 3. The molecule has 2 atom stereocenters. The van der Waals surface area contributed by atoms with E-state index in [1.165, 1.54) is 9.47 Å². The van der Waals surface area contributed by atoms with Crippen LogP contribution in [0.3, 0.4) is 0 Å². The van der Waals surface area contributed by atoms with Crippen molar-refractivity contribution in [2.75, 3.05) is 24.2 Å². The number of hydrogen-bond acceptors (Lipinski definition) is 6. The lowest BCUT2D eigenvalue weighted by atomic mass is 10.1. The van der Waals surface area contributed by atoms with Gasteiger partial charge in [0.15, 0.2) is 17.5 Å². The minimum atomic E-state index is -3.67. The monoisotopic (exact) mass is 491 g/mol. The Hall–Kier alpha value is -2.64. The molecule has 0 bridgehead atoms. The first kappa shape index (κ1) is 25.0. The molecule has 2 fully saturated rings. The standard InChI is InChI=1S/C19H20F3N3O3.CH4O3S/c1-8-5-24(6-9(2)23-8)17-14(21)13(20)12-16(15(17)22)25(10-3-4-10)7-11(18(12)26)19(27)28;1-5(2,3)4/h7-10,23H,3-6H2,1-2H3,(H,27,28);1H3,(H,2,3,4)/t8-,9+;. The van der Waals surface area contributed by atoms with Crippen LogP contribution in [0.5, 0.6) is 0 Å². The third-order valence-electron chi connectivity index (χ3n) is 5.32. The van der Waals surface area contributed by atoms with E-state index in [1.807, 2.05) is 13.8 Å². The van der Waals surface area contributed by atoms with Crippen molar-refractivity contribution in [3.8, 4) is 0 Å². The average molecular weight is 491 g/mol. The maximum Gasteiger partial charge on any atom is 0.341 e. The van der Waals surface area contributed by atoms with Crippen molar-refractivity contribution in [2.24, 2.45) is 0 Å². The summed E-state index contributed by atoms with van der Waals surface area (Å²) in [6.07, 6.45) is 3.05. The summed E-state index contributed by atoms with van der Waals surface area (Å²) < 4.78 is 72.6. The Labute approximate surface area is 187 Å². The van der Waals surface area contributed by atoms with Crippen LogP contribution in [0.15, 0.2) is 11.0 Å². The number of nitrogens with zero attached hydrogens (tertiary/aromatic N) is 2. The zero-order valence-corrected chi connectivity index (χ0v) is 18.9. The molecule has 1 aromatic heterocycles. The van der Waals surface area contributed by atoms with Crippen molar-refractivity contribution in [2.45, 2.75) is 44.8 Å². The molecule has 3 N–H and O–H groups in total. The lowest BCUT2D eigenvalue weighted by molar-refractivity contribution is 0.0694. The van der Waals surface area contributed by atoms with Gasteiger partial charge in [-0.15, -0.1) is 0 Å². The molecule has 9 nitrogen and oxygen atoms in total. The van der Waals surface area contributed by atoms with Gasteiger partial charge in [0.1, 0.15) is 11.3 Å². The van der Waals surface area contributed by atoms with Crippen LogP contribution in [0.25, 0.3) is 10.9 Å². The normalized spacial score (nSPS) is 21.0. The van der Waals surface area contributed by atoms with Crippen LogP contribution in [0.4, 0.5) is 18.9 Å². The first-order valence-corrected chi connectivity index (χ1v) is 12.0. The number of carboxylic acids is 1. The van der Waals surface area contributed by atoms with Gasteiger partial charge >= 0.3 is 5.97 Å². The molecule has 1 saturated heterocycles. The number of carbonyl (C=O) groups is 1. The van der Waals surface area contributed by atoms with Crippen molar-refractivity contribution in [1.82, 2.24) is 9.88 Å². The molecule has 1 aliphatic heterocycles. The molecule has 1 saturated carbocycles. The van der Waals surface area contributed by atoms with Crippen molar-refractivity contribution >= 4 is 32.7 Å². The number of hydrogen-bond donors (Lipinski definition) is 3. The van der Waals surface area contributed by atoms with E-state index < -0.39 is 55.6 Å². The first-order chi connectivity index (χ1) is 15.2. The molecule has 4 rings (SSSR count). The topological polar surface area (TPSA) is 129 Å².